The number of hydrogen-bond donors (Lipinski definition) is 2. The number of fused-ring (bicyclic) bond motifs is 1. The van der Waals surface area contributed by atoms with Crippen LogP contribution in [0.25, 0.3) is 10.9 Å². The summed E-state index contributed by atoms with van der Waals surface area (Å²) in [5.41, 5.74) is 3.43. The minimum Gasteiger partial charge on any atom is -0.358 e. The van der Waals surface area contributed by atoms with Crippen LogP contribution in [-0.4, -0.2) is 35.4 Å². The molecule has 0 saturated carbocycles. The Labute approximate surface area is 167 Å². The molecule has 1 saturated heterocycles. The molecule has 0 atom stereocenters. The van der Waals surface area contributed by atoms with Crippen molar-refractivity contribution in [3.8, 4) is 0 Å². The van der Waals surface area contributed by atoms with Gasteiger partial charge >= 0.3 is 0 Å². The molecule has 1 fully saturated rings. The summed E-state index contributed by atoms with van der Waals surface area (Å²) in [4.78, 5) is 18.2. The van der Waals surface area contributed by atoms with Crippen molar-refractivity contribution in [1.82, 2.24) is 9.88 Å². The maximum absolute atomic E-state index is 12.3. The van der Waals surface area contributed by atoms with E-state index in [0.29, 0.717) is 12.5 Å². The van der Waals surface area contributed by atoms with Gasteiger partial charge in [-0.25, -0.2) is 0 Å². The summed E-state index contributed by atoms with van der Waals surface area (Å²) in [6.07, 6.45) is 2.17. The highest BCUT2D eigenvalue weighted by Crippen LogP contribution is 2.29. The van der Waals surface area contributed by atoms with Crippen LogP contribution < -0.4 is 5.32 Å². The van der Waals surface area contributed by atoms with Gasteiger partial charge in [0, 0.05) is 20.7 Å². The molecule has 0 aliphatic carbocycles. The molecule has 134 valence electrons. The Balaban J connectivity index is 1.32. The van der Waals surface area contributed by atoms with E-state index in [0.717, 1.165) is 35.2 Å². The average molecular weight is 459 g/mol. The average Bonchev–Trinajstić information content (AvgIpc) is 3.08. The summed E-state index contributed by atoms with van der Waals surface area (Å²) in [5.74, 6) is 0.620. The van der Waals surface area contributed by atoms with E-state index < -0.39 is 0 Å². The minimum absolute atomic E-state index is 0.0678. The summed E-state index contributed by atoms with van der Waals surface area (Å²) in [7, 11) is 0. The molecule has 4 nitrogen and oxygen atoms in total. The number of piperidine rings is 1. The van der Waals surface area contributed by atoms with E-state index in [-0.39, 0.29) is 5.91 Å². The fraction of sp³-hybridized carbons (Fsp3) is 0.286. The third-order valence-corrected chi connectivity index (χ3v) is 6.03. The van der Waals surface area contributed by atoms with Crippen molar-refractivity contribution in [2.45, 2.75) is 18.8 Å². The Bertz CT molecular complexity index is 879. The smallest absolute Gasteiger partial charge is 0.238 e. The molecule has 26 heavy (non-hydrogen) atoms. The number of carbonyl (C=O) groups is 1. The molecule has 0 radical (unpaired) electrons. The van der Waals surface area contributed by atoms with Crippen molar-refractivity contribution in [2.75, 3.05) is 25.0 Å². The molecular weight excluding hydrogens is 437 g/mol. The van der Waals surface area contributed by atoms with Gasteiger partial charge in [-0.3, -0.25) is 9.69 Å². The fourth-order valence-corrected chi connectivity index (χ4v) is 4.20. The molecule has 1 aliphatic rings. The Morgan fingerprint density at radius 3 is 2.62 bits per heavy atom. The third-order valence-electron chi connectivity index (χ3n) is 5.09. The number of anilines is 1. The van der Waals surface area contributed by atoms with Gasteiger partial charge in [0.05, 0.1) is 12.2 Å². The Kier molecular flexibility index (Phi) is 5.26. The standard InChI is InChI=1S/C21H22IN3O/c22-17-6-2-4-8-19(17)24-21(26)14-25-11-9-15(10-12-25)20-13-16-5-1-3-7-18(16)23-20/h1-8,13,15,23H,9-12,14H2,(H,24,26). The first-order valence-corrected chi connectivity index (χ1v) is 10.1. The van der Waals surface area contributed by atoms with Crippen LogP contribution in [0.2, 0.25) is 0 Å². The van der Waals surface area contributed by atoms with Gasteiger partial charge in [-0.15, -0.1) is 0 Å². The fourth-order valence-electron chi connectivity index (χ4n) is 3.67. The summed E-state index contributed by atoms with van der Waals surface area (Å²) in [5, 5.41) is 4.30. The van der Waals surface area contributed by atoms with E-state index in [1.165, 1.54) is 16.6 Å². The summed E-state index contributed by atoms with van der Waals surface area (Å²) >= 11 is 2.25. The van der Waals surface area contributed by atoms with Gasteiger partial charge < -0.3 is 10.3 Å². The predicted octanol–water partition coefficient (Wildman–Crippen LogP) is 4.59. The van der Waals surface area contributed by atoms with Crippen molar-refractivity contribution in [3.63, 3.8) is 0 Å². The second kappa shape index (κ2) is 7.80. The number of H-pyrrole nitrogens is 1. The van der Waals surface area contributed by atoms with Crippen LogP contribution in [0.4, 0.5) is 5.69 Å². The van der Waals surface area contributed by atoms with E-state index in [1.54, 1.807) is 0 Å². The molecule has 1 amide bonds. The lowest BCUT2D eigenvalue weighted by atomic mass is 9.93. The largest absolute Gasteiger partial charge is 0.358 e. The zero-order chi connectivity index (χ0) is 17.9. The number of nitrogens with one attached hydrogen (secondary N) is 2. The molecule has 1 aromatic heterocycles. The van der Waals surface area contributed by atoms with Crippen LogP contribution in [0, 0.1) is 3.57 Å². The van der Waals surface area contributed by atoms with E-state index in [2.05, 4.69) is 68.1 Å². The van der Waals surface area contributed by atoms with Crippen LogP contribution >= 0.6 is 22.6 Å². The van der Waals surface area contributed by atoms with Gasteiger partial charge in [0.15, 0.2) is 0 Å². The van der Waals surface area contributed by atoms with Crippen LogP contribution in [0.3, 0.4) is 0 Å². The first-order valence-electron chi connectivity index (χ1n) is 9.03. The number of hydrogen-bond acceptors (Lipinski definition) is 2. The molecule has 0 bridgehead atoms. The zero-order valence-corrected chi connectivity index (χ0v) is 16.7. The number of aromatic nitrogens is 1. The minimum atomic E-state index is 0.0678. The third kappa shape index (κ3) is 3.94. The van der Waals surface area contributed by atoms with E-state index >= 15 is 0 Å². The number of likely N-dealkylation sites (tertiary alicyclic amines) is 1. The van der Waals surface area contributed by atoms with Gasteiger partial charge in [0.1, 0.15) is 0 Å². The van der Waals surface area contributed by atoms with Crippen molar-refractivity contribution in [2.24, 2.45) is 0 Å². The van der Waals surface area contributed by atoms with Gasteiger partial charge in [0.2, 0.25) is 5.91 Å². The van der Waals surface area contributed by atoms with Crippen molar-refractivity contribution < 1.29 is 4.79 Å². The number of para-hydroxylation sites is 2. The molecule has 1 aliphatic heterocycles. The molecule has 5 heteroatoms. The number of nitrogens with zero attached hydrogens (tertiary/aromatic N) is 1. The number of carbonyl (C=O) groups excluding carboxylic acids is 1. The maximum Gasteiger partial charge on any atom is 0.238 e. The first kappa shape index (κ1) is 17.5. The zero-order valence-electron chi connectivity index (χ0n) is 14.5. The van der Waals surface area contributed by atoms with Crippen molar-refractivity contribution in [3.05, 3.63) is 63.9 Å². The molecule has 0 spiro atoms. The SMILES string of the molecule is O=C(CN1CCC(c2cc3ccccc3[nH]2)CC1)Nc1ccccc1I. The second-order valence-electron chi connectivity index (χ2n) is 6.89. The number of aromatic amines is 1. The van der Waals surface area contributed by atoms with Crippen LogP contribution in [0.1, 0.15) is 24.5 Å². The normalized spacial score (nSPS) is 16.0. The predicted molar refractivity (Wildman–Crippen MR) is 115 cm³/mol. The molecule has 2 aromatic carbocycles. The summed E-state index contributed by atoms with van der Waals surface area (Å²) < 4.78 is 1.07. The summed E-state index contributed by atoms with van der Waals surface area (Å²) in [6, 6.07) is 18.6. The molecule has 0 unspecified atom stereocenters. The van der Waals surface area contributed by atoms with E-state index in [1.807, 2.05) is 24.3 Å². The number of rotatable bonds is 4. The highest BCUT2D eigenvalue weighted by Gasteiger charge is 2.23. The van der Waals surface area contributed by atoms with Crippen LogP contribution in [0.5, 0.6) is 0 Å². The van der Waals surface area contributed by atoms with Gasteiger partial charge in [-0.1, -0.05) is 30.3 Å². The Morgan fingerprint density at radius 2 is 1.85 bits per heavy atom. The molecular formula is C21H22IN3O. The van der Waals surface area contributed by atoms with Gasteiger partial charge in [-0.05, 0) is 78.2 Å². The second-order valence-corrected chi connectivity index (χ2v) is 8.05. The topological polar surface area (TPSA) is 48.1 Å². The lowest BCUT2D eigenvalue weighted by Gasteiger charge is -2.31. The molecule has 2 N–H and O–H groups in total. The lowest BCUT2D eigenvalue weighted by molar-refractivity contribution is -0.117. The monoisotopic (exact) mass is 459 g/mol. The molecule has 3 aromatic rings. The molecule has 4 rings (SSSR count). The highest BCUT2D eigenvalue weighted by atomic mass is 127. The summed E-state index contributed by atoms with van der Waals surface area (Å²) in [6.45, 7) is 2.38. The number of benzene rings is 2. The van der Waals surface area contributed by atoms with Crippen LogP contribution in [-0.2, 0) is 4.79 Å². The van der Waals surface area contributed by atoms with Gasteiger partial charge in [-0.2, -0.15) is 0 Å². The number of amides is 1. The highest BCUT2D eigenvalue weighted by molar-refractivity contribution is 14.1. The Hall–Kier alpha value is -1.86. The van der Waals surface area contributed by atoms with Crippen LogP contribution in [0.15, 0.2) is 54.6 Å². The number of halogens is 1. The van der Waals surface area contributed by atoms with E-state index in [4.69, 9.17) is 0 Å². The quantitative estimate of drug-likeness (QED) is 0.561. The molecule has 2 heterocycles. The van der Waals surface area contributed by atoms with E-state index in [9.17, 15) is 4.79 Å². The van der Waals surface area contributed by atoms with Gasteiger partial charge in [0.25, 0.3) is 0 Å². The lowest BCUT2D eigenvalue weighted by Crippen LogP contribution is -2.38. The first-order chi connectivity index (χ1) is 12.7. The van der Waals surface area contributed by atoms with Crippen molar-refractivity contribution in [1.29, 1.82) is 0 Å². The maximum atomic E-state index is 12.3. The Morgan fingerprint density at radius 1 is 1.12 bits per heavy atom. The van der Waals surface area contributed by atoms with Crippen molar-refractivity contribution >= 4 is 45.1 Å².